The summed E-state index contributed by atoms with van der Waals surface area (Å²) < 4.78 is 6.27. The normalized spacial score (nSPS) is 16.2. The Labute approximate surface area is 142 Å². The first kappa shape index (κ1) is 14.7. The largest absolute Gasteiger partial charge is 0.485 e. The fourth-order valence-corrected chi connectivity index (χ4v) is 3.16. The van der Waals surface area contributed by atoms with Crippen LogP contribution < -0.4 is 0 Å². The highest BCUT2D eigenvalue weighted by atomic mass is 16.5. The van der Waals surface area contributed by atoms with Crippen molar-refractivity contribution in [2.45, 2.75) is 19.4 Å². The highest BCUT2D eigenvalue weighted by molar-refractivity contribution is 5.86. The number of aromatic nitrogens is 1. The number of hydrogen-bond donors (Lipinski definition) is 0. The van der Waals surface area contributed by atoms with E-state index in [1.807, 2.05) is 30.4 Å². The second-order valence-corrected chi connectivity index (χ2v) is 6.16. The molecule has 2 heterocycles. The van der Waals surface area contributed by atoms with Crippen molar-refractivity contribution in [1.82, 2.24) is 4.98 Å². The maximum Gasteiger partial charge on any atom is 0.129 e. The van der Waals surface area contributed by atoms with Crippen LogP contribution in [0, 0.1) is 6.92 Å². The van der Waals surface area contributed by atoms with Crippen molar-refractivity contribution in [3.8, 4) is 0 Å². The van der Waals surface area contributed by atoms with Crippen LogP contribution in [0.3, 0.4) is 0 Å². The van der Waals surface area contributed by atoms with Gasteiger partial charge in [0.2, 0.25) is 0 Å². The first-order valence-electron chi connectivity index (χ1n) is 8.20. The predicted molar refractivity (Wildman–Crippen MR) is 99.4 cm³/mol. The first-order valence-corrected chi connectivity index (χ1v) is 8.20. The Balaban J connectivity index is 1.89. The van der Waals surface area contributed by atoms with Crippen LogP contribution in [0.25, 0.3) is 22.7 Å². The van der Waals surface area contributed by atoms with E-state index in [1.165, 1.54) is 5.56 Å². The van der Waals surface area contributed by atoms with Gasteiger partial charge in [0.15, 0.2) is 0 Å². The van der Waals surface area contributed by atoms with Crippen molar-refractivity contribution < 1.29 is 4.74 Å². The zero-order chi connectivity index (χ0) is 16.5. The molecule has 24 heavy (non-hydrogen) atoms. The summed E-state index contributed by atoms with van der Waals surface area (Å²) in [6.45, 7) is 5.98. The van der Waals surface area contributed by atoms with Crippen LogP contribution >= 0.6 is 0 Å². The first-order chi connectivity index (χ1) is 11.7. The topological polar surface area (TPSA) is 22.1 Å². The Morgan fingerprint density at radius 2 is 1.96 bits per heavy atom. The summed E-state index contributed by atoms with van der Waals surface area (Å²) in [5.74, 6) is 0.869. The van der Waals surface area contributed by atoms with E-state index in [1.54, 1.807) is 0 Å². The van der Waals surface area contributed by atoms with Gasteiger partial charge in [0, 0.05) is 29.0 Å². The highest BCUT2D eigenvalue weighted by Gasteiger charge is 2.24. The van der Waals surface area contributed by atoms with Gasteiger partial charge in [-0.25, -0.2) is 4.98 Å². The number of hydrogen-bond acceptors (Lipinski definition) is 2. The van der Waals surface area contributed by atoms with Crippen molar-refractivity contribution in [3.05, 3.63) is 89.6 Å². The molecule has 1 aromatic heterocycles. The Hall–Kier alpha value is -2.87. The van der Waals surface area contributed by atoms with Crippen molar-refractivity contribution in [1.29, 1.82) is 0 Å². The van der Waals surface area contributed by atoms with Crippen molar-refractivity contribution >= 4 is 22.7 Å². The molecule has 1 unspecified atom stereocenters. The number of rotatable bonds is 3. The maximum atomic E-state index is 6.27. The number of aryl methyl sites for hydroxylation is 1. The Kier molecular flexibility index (Phi) is 3.66. The van der Waals surface area contributed by atoms with E-state index in [-0.39, 0.29) is 6.10 Å². The lowest BCUT2D eigenvalue weighted by atomic mass is 9.97. The minimum Gasteiger partial charge on any atom is -0.485 e. The molecule has 3 aromatic rings. The minimum absolute atomic E-state index is 0.0462. The molecular weight excluding hydrogens is 294 g/mol. The molecule has 0 fully saturated rings. The van der Waals surface area contributed by atoms with Gasteiger partial charge in [-0.1, -0.05) is 48.0 Å². The molecule has 0 bridgehead atoms. The third-order valence-electron chi connectivity index (χ3n) is 4.35. The van der Waals surface area contributed by atoms with Gasteiger partial charge in [0.1, 0.15) is 11.9 Å². The van der Waals surface area contributed by atoms with Gasteiger partial charge in [-0.3, -0.25) is 0 Å². The molecule has 2 heteroatoms. The molecule has 1 aliphatic heterocycles. The van der Waals surface area contributed by atoms with Crippen LogP contribution in [-0.2, 0) is 4.74 Å². The van der Waals surface area contributed by atoms with E-state index in [4.69, 9.17) is 9.72 Å². The van der Waals surface area contributed by atoms with Crippen LogP contribution in [0.5, 0.6) is 0 Å². The van der Waals surface area contributed by atoms with Crippen LogP contribution in [0.15, 0.2) is 67.3 Å². The number of nitrogens with zero attached hydrogens (tertiary/aromatic N) is 1. The van der Waals surface area contributed by atoms with E-state index in [0.717, 1.165) is 39.9 Å². The summed E-state index contributed by atoms with van der Waals surface area (Å²) in [5, 5.41) is 1.16. The average molecular weight is 313 g/mol. The van der Waals surface area contributed by atoms with Gasteiger partial charge in [0.25, 0.3) is 0 Å². The van der Waals surface area contributed by atoms with E-state index in [9.17, 15) is 0 Å². The van der Waals surface area contributed by atoms with Crippen molar-refractivity contribution in [2.24, 2.45) is 0 Å². The number of fused-ring (bicyclic) bond motifs is 2. The summed E-state index contributed by atoms with van der Waals surface area (Å²) in [5.41, 5.74) is 5.45. The third-order valence-corrected chi connectivity index (χ3v) is 4.35. The number of benzene rings is 2. The van der Waals surface area contributed by atoms with E-state index in [2.05, 4.69) is 49.9 Å². The molecule has 0 spiro atoms. The monoisotopic (exact) mass is 313 g/mol. The molecule has 0 amide bonds. The molecule has 0 N–H and O–H groups in total. The molecule has 2 nitrogen and oxygen atoms in total. The van der Waals surface area contributed by atoms with E-state index >= 15 is 0 Å². The summed E-state index contributed by atoms with van der Waals surface area (Å²) in [6.07, 6.45) is 4.66. The second kappa shape index (κ2) is 5.97. The zero-order valence-electron chi connectivity index (χ0n) is 13.7. The highest BCUT2D eigenvalue weighted by Crippen LogP contribution is 2.38. The van der Waals surface area contributed by atoms with Gasteiger partial charge in [-0.15, -0.1) is 6.58 Å². The lowest BCUT2D eigenvalue weighted by Gasteiger charge is -2.26. The predicted octanol–water partition coefficient (Wildman–Crippen LogP) is 5.69. The molecule has 0 saturated carbocycles. The molecule has 2 aromatic carbocycles. The Morgan fingerprint density at radius 3 is 2.75 bits per heavy atom. The van der Waals surface area contributed by atoms with Crippen LogP contribution in [0.4, 0.5) is 0 Å². The van der Waals surface area contributed by atoms with Crippen LogP contribution in [0.1, 0.15) is 34.9 Å². The minimum atomic E-state index is -0.0462. The van der Waals surface area contributed by atoms with Gasteiger partial charge < -0.3 is 4.74 Å². The van der Waals surface area contributed by atoms with Gasteiger partial charge in [0.05, 0.1) is 11.2 Å². The van der Waals surface area contributed by atoms with Gasteiger partial charge in [-0.05, 0) is 25.1 Å². The molecular formula is C22H19NO. The molecule has 118 valence electrons. The summed E-state index contributed by atoms with van der Waals surface area (Å²) in [4.78, 5) is 4.87. The lowest BCUT2D eigenvalue weighted by Crippen LogP contribution is -2.11. The number of ether oxygens (including phenoxy) is 1. The summed E-state index contributed by atoms with van der Waals surface area (Å²) in [7, 11) is 0. The average Bonchev–Trinajstić information content (AvgIpc) is 2.61. The van der Waals surface area contributed by atoms with Crippen LogP contribution in [0.2, 0.25) is 0 Å². The van der Waals surface area contributed by atoms with Crippen LogP contribution in [-0.4, -0.2) is 4.98 Å². The maximum absolute atomic E-state index is 6.27. The van der Waals surface area contributed by atoms with Crippen molar-refractivity contribution in [2.75, 3.05) is 0 Å². The smallest absolute Gasteiger partial charge is 0.129 e. The Bertz CT molecular complexity index is 941. The molecule has 0 radical (unpaired) electrons. The van der Waals surface area contributed by atoms with Gasteiger partial charge in [-0.2, -0.15) is 0 Å². The third kappa shape index (κ3) is 2.61. The SMILES string of the molecule is C=CCC1OC(c2ccccc2)=Cc2nc3ccc(C)cc3cc21. The van der Waals surface area contributed by atoms with Gasteiger partial charge >= 0.3 is 0 Å². The molecule has 1 atom stereocenters. The molecule has 0 saturated heterocycles. The van der Waals surface area contributed by atoms with E-state index < -0.39 is 0 Å². The fourth-order valence-electron chi connectivity index (χ4n) is 3.16. The molecule has 0 aliphatic carbocycles. The molecule has 4 rings (SSSR count). The Morgan fingerprint density at radius 1 is 1.12 bits per heavy atom. The number of pyridine rings is 1. The van der Waals surface area contributed by atoms with E-state index in [0.29, 0.717) is 0 Å². The zero-order valence-corrected chi connectivity index (χ0v) is 13.7. The standard InChI is InChI=1S/C22H19NO/c1-3-7-21-18-13-17-12-15(2)10-11-19(17)23-20(18)14-22(24-21)16-8-5-4-6-9-16/h3-6,8-14,21H,1,7H2,2H3. The summed E-state index contributed by atoms with van der Waals surface area (Å²) >= 11 is 0. The molecule has 1 aliphatic rings. The second-order valence-electron chi connectivity index (χ2n) is 6.16. The quantitative estimate of drug-likeness (QED) is 0.580. The fraction of sp³-hybridized carbons (Fsp3) is 0.136. The summed E-state index contributed by atoms with van der Waals surface area (Å²) in [6, 6.07) is 18.7. The van der Waals surface area contributed by atoms with Crippen molar-refractivity contribution in [3.63, 3.8) is 0 Å². The lowest BCUT2D eigenvalue weighted by molar-refractivity contribution is 0.169.